The van der Waals surface area contributed by atoms with Gasteiger partial charge in [-0.2, -0.15) is 5.21 Å². The quantitative estimate of drug-likeness (QED) is 0.262. The molecule has 9 heteroatoms. The molecule has 0 radical (unpaired) electrons. The number of aromatic nitrogens is 4. The number of carbonyl (C=O) groups excluding carboxylic acids is 2. The zero-order chi connectivity index (χ0) is 30.9. The minimum absolute atomic E-state index is 0.0257. The first-order valence-corrected chi connectivity index (χ1v) is 16.4. The Morgan fingerprint density at radius 3 is 2.34 bits per heavy atom. The summed E-state index contributed by atoms with van der Waals surface area (Å²) in [5.41, 5.74) is 4.17. The minimum Gasteiger partial charge on any atom is -0.345 e. The third-order valence-corrected chi connectivity index (χ3v) is 10.5. The smallest absolute Gasteiger partial charge is 0.275 e. The Kier molecular flexibility index (Phi) is 8.40. The lowest BCUT2D eigenvalue weighted by Crippen LogP contribution is -2.51. The van der Waals surface area contributed by atoms with E-state index in [1.807, 2.05) is 24.3 Å². The van der Waals surface area contributed by atoms with Crippen LogP contribution in [0.4, 0.5) is 0 Å². The minimum atomic E-state index is -0.553. The molecular formula is C35H45N7O2. The maximum Gasteiger partial charge on any atom is 0.275 e. The fraction of sp³-hybridized carbons (Fsp3) is 0.543. The summed E-state index contributed by atoms with van der Waals surface area (Å²) in [6, 6.07) is 16.1. The number of benzene rings is 2. The lowest BCUT2D eigenvalue weighted by atomic mass is 9.67. The molecule has 9 nitrogen and oxygen atoms in total. The molecule has 2 amide bonds. The monoisotopic (exact) mass is 595 g/mol. The number of rotatable bonds is 11. The highest BCUT2D eigenvalue weighted by Crippen LogP contribution is 2.50. The van der Waals surface area contributed by atoms with Gasteiger partial charge in [-0.1, -0.05) is 82.1 Å². The van der Waals surface area contributed by atoms with Crippen molar-refractivity contribution in [1.82, 2.24) is 30.8 Å². The van der Waals surface area contributed by atoms with Gasteiger partial charge in [0, 0.05) is 11.1 Å². The van der Waals surface area contributed by atoms with Gasteiger partial charge in [0.05, 0.1) is 12.6 Å². The van der Waals surface area contributed by atoms with Crippen LogP contribution >= 0.6 is 0 Å². The Labute approximate surface area is 260 Å². The molecule has 0 unspecified atom stereocenters. The number of hydrogen-bond donors (Lipinski definition) is 2. The van der Waals surface area contributed by atoms with Crippen LogP contribution in [0.5, 0.6) is 0 Å². The first-order chi connectivity index (χ1) is 21.2. The molecule has 3 aliphatic rings. The lowest BCUT2D eigenvalue weighted by Gasteiger charge is -2.48. The first-order valence-electron chi connectivity index (χ1n) is 16.4. The van der Waals surface area contributed by atoms with E-state index in [1.54, 1.807) is 0 Å². The summed E-state index contributed by atoms with van der Waals surface area (Å²) in [5, 5.41) is 16.5. The molecule has 44 heavy (non-hydrogen) atoms. The summed E-state index contributed by atoms with van der Waals surface area (Å²) < 4.78 is 0. The third-order valence-electron chi connectivity index (χ3n) is 10.5. The van der Waals surface area contributed by atoms with E-state index in [0.717, 1.165) is 56.1 Å². The summed E-state index contributed by atoms with van der Waals surface area (Å²) in [5.74, 6) is 1.52. The molecule has 2 saturated carbocycles. The first kappa shape index (κ1) is 30.2. The number of hydrogen-bond acceptors (Lipinski definition) is 6. The van der Waals surface area contributed by atoms with Gasteiger partial charge >= 0.3 is 0 Å². The number of carbonyl (C=O) groups is 2. The predicted octanol–water partition coefficient (Wildman–Crippen LogP) is 6.50. The van der Waals surface area contributed by atoms with Crippen LogP contribution in [0.1, 0.15) is 130 Å². The van der Waals surface area contributed by atoms with Crippen molar-refractivity contribution in [1.29, 1.82) is 0 Å². The molecule has 0 bridgehead atoms. The Morgan fingerprint density at radius 1 is 1.05 bits per heavy atom. The number of amides is 2. The van der Waals surface area contributed by atoms with Gasteiger partial charge in [0.25, 0.3) is 11.8 Å². The molecule has 2 heterocycles. The van der Waals surface area contributed by atoms with E-state index in [0.29, 0.717) is 28.9 Å². The number of nitrogens with one attached hydrogen (secondary N) is 2. The molecule has 0 saturated heterocycles. The average molecular weight is 596 g/mol. The molecule has 2 fully saturated rings. The summed E-state index contributed by atoms with van der Waals surface area (Å²) >= 11 is 0. The Hall–Kier alpha value is -3.88. The highest BCUT2D eigenvalue weighted by atomic mass is 16.2. The summed E-state index contributed by atoms with van der Waals surface area (Å²) in [4.78, 5) is 34.8. The van der Waals surface area contributed by atoms with Gasteiger partial charge in [-0.25, -0.2) is 0 Å². The molecule has 3 aromatic rings. The maximum atomic E-state index is 14.5. The number of H-pyrrole nitrogens is 1. The molecular weight excluding hydrogens is 550 g/mol. The molecule has 2 N–H and O–H groups in total. The fourth-order valence-corrected chi connectivity index (χ4v) is 7.16. The van der Waals surface area contributed by atoms with Crippen LogP contribution < -0.4 is 5.32 Å². The SMILES string of the molecule is CCC[C@H](c1ccc(C(=O)NCc2nn[nH]n2)cc1)N1C(=O)C(c2ccc(C3CC3)cc2)=NC12CCC(C(C)(C)CC)CC2. The van der Waals surface area contributed by atoms with Gasteiger partial charge in [0.1, 0.15) is 11.4 Å². The van der Waals surface area contributed by atoms with Crippen molar-refractivity contribution in [2.45, 2.75) is 110 Å². The van der Waals surface area contributed by atoms with Crippen LogP contribution in [-0.2, 0) is 11.3 Å². The van der Waals surface area contributed by atoms with Crippen molar-refractivity contribution < 1.29 is 9.59 Å². The number of tetrazole rings is 1. The van der Waals surface area contributed by atoms with Crippen LogP contribution in [0.15, 0.2) is 53.5 Å². The van der Waals surface area contributed by atoms with E-state index in [9.17, 15) is 9.59 Å². The number of nitrogens with zero attached hydrogens (tertiary/aromatic N) is 5. The predicted molar refractivity (Wildman–Crippen MR) is 170 cm³/mol. The van der Waals surface area contributed by atoms with E-state index >= 15 is 0 Å². The van der Waals surface area contributed by atoms with Gasteiger partial charge in [-0.15, -0.1) is 10.2 Å². The molecule has 2 aromatic carbocycles. The topological polar surface area (TPSA) is 116 Å². The van der Waals surface area contributed by atoms with Crippen molar-refractivity contribution >= 4 is 17.5 Å². The van der Waals surface area contributed by atoms with Gasteiger partial charge < -0.3 is 10.2 Å². The normalized spacial score (nSPS) is 22.7. The summed E-state index contributed by atoms with van der Waals surface area (Å²) in [6.45, 7) is 9.40. The van der Waals surface area contributed by atoms with Gasteiger partial charge in [0.2, 0.25) is 0 Å². The average Bonchev–Trinajstić information content (AvgIpc) is 3.69. The lowest BCUT2D eigenvalue weighted by molar-refractivity contribution is -0.133. The van der Waals surface area contributed by atoms with Gasteiger partial charge in [-0.3, -0.25) is 14.6 Å². The Balaban J connectivity index is 1.29. The molecule has 2 aliphatic carbocycles. The van der Waals surface area contributed by atoms with E-state index in [1.165, 1.54) is 18.4 Å². The van der Waals surface area contributed by atoms with E-state index in [-0.39, 0.29) is 29.8 Å². The summed E-state index contributed by atoms with van der Waals surface area (Å²) in [7, 11) is 0. The van der Waals surface area contributed by atoms with E-state index < -0.39 is 5.66 Å². The van der Waals surface area contributed by atoms with Crippen LogP contribution in [0.2, 0.25) is 0 Å². The highest BCUT2D eigenvalue weighted by molar-refractivity contribution is 6.46. The van der Waals surface area contributed by atoms with Gasteiger partial charge in [0.15, 0.2) is 5.82 Å². The van der Waals surface area contributed by atoms with Crippen molar-refractivity contribution in [2.24, 2.45) is 16.3 Å². The molecule has 232 valence electrons. The molecule has 6 rings (SSSR count). The van der Waals surface area contributed by atoms with Crippen molar-refractivity contribution in [3.63, 3.8) is 0 Å². The Morgan fingerprint density at radius 2 is 1.75 bits per heavy atom. The maximum absolute atomic E-state index is 14.5. The van der Waals surface area contributed by atoms with Crippen LogP contribution in [0.25, 0.3) is 0 Å². The second-order valence-electron chi connectivity index (χ2n) is 13.6. The second kappa shape index (κ2) is 12.3. The summed E-state index contributed by atoms with van der Waals surface area (Å²) in [6.07, 6.45) is 9.25. The van der Waals surface area contributed by atoms with E-state index in [4.69, 9.17) is 4.99 Å². The number of aliphatic imine (C=N–C) groups is 1. The standard InChI is InChI=1S/C35H45N7O2/c1-5-7-29(25-12-16-27(17-13-25)32(43)36-22-30-38-40-41-39-30)42-33(44)31(26-14-10-24(11-15-26)23-8-9-23)37-35(42)20-18-28(19-21-35)34(3,4)6-2/h10-17,23,28-29H,5-9,18-22H2,1-4H3,(H,36,43)(H,38,39,40,41)/t28?,29-,35?/m1/s1. The van der Waals surface area contributed by atoms with Crippen molar-refractivity contribution in [3.8, 4) is 0 Å². The Bertz CT molecular complexity index is 1480. The van der Waals surface area contributed by atoms with Crippen LogP contribution in [-0.4, -0.2) is 48.7 Å². The largest absolute Gasteiger partial charge is 0.345 e. The number of aromatic amines is 1. The molecule has 1 atom stereocenters. The highest BCUT2D eigenvalue weighted by Gasteiger charge is 2.52. The van der Waals surface area contributed by atoms with Crippen LogP contribution in [0.3, 0.4) is 0 Å². The second-order valence-corrected chi connectivity index (χ2v) is 13.6. The van der Waals surface area contributed by atoms with Crippen LogP contribution in [0, 0.1) is 11.3 Å². The van der Waals surface area contributed by atoms with Gasteiger partial charge in [-0.05, 0) is 85.5 Å². The third kappa shape index (κ3) is 5.93. The van der Waals surface area contributed by atoms with Crippen molar-refractivity contribution in [3.05, 3.63) is 76.6 Å². The molecule has 1 spiro atoms. The van der Waals surface area contributed by atoms with Crippen molar-refractivity contribution in [2.75, 3.05) is 0 Å². The molecule has 1 aliphatic heterocycles. The zero-order valence-corrected chi connectivity index (χ0v) is 26.5. The molecule has 1 aromatic heterocycles. The van der Waals surface area contributed by atoms with E-state index in [2.05, 4.69) is 82.8 Å². The fourth-order valence-electron chi connectivity index (χ4n) is 7.16. The zero-order valence-electron chi connectivity index (χ0n) is 26.5.